The van der Waals surface area contributed by atoms with Crippen molar-refractivity contribution < 1.29 is 9.69 Å². The van der Waals surface area contributed by atoms with Gasteiger partial charge in [-0.05, 0) is 36.2 Å². The van der Waals surface area contributed by atoms with Crippen LogP contribution in [0.3, 0.4) is 0 Å². The Morgan fingerprint density at radius 2 is 2.09 bits per heavy atom. The van der Waals surface area contributed by atoms with E-state index < -0.39 is 0 Å². The van der Waals surface area contributed by atoms with Gasteiger partial charge in [0.2, 0.25) is 0 Å². The SMILES string of the molecule is CCc1ccc(NC(=O)C[NH+]2CCC[C@H]2c2cccn2C)cc1. The Labute approximate surface area is 138 Å². The summed E-state index contributed by atoms with van der Waals surface area (Å²) in [6, 6.07) is 12.8. The molecule has 1 saturated heterocycles. The number of anilines is 1. The molecule has 1 aliphatic rings. The predicted octanol–water partition coefficient (Wildman–Crippen LogP) is 1.95. The third-order valence-electron chi connectivity index (χ3n) is 4.86. The molecule has 0 bridgehead atoms. The van der Waals surface area contributed by atoms with Crippen LogP contribution in [0, 0.1) is 0 Å². The minimum Gasteiger partial charge on any atom is -0.350 e. The summed E-state index contributed by atoms with van der Waals surface area (Å²) in [6.07, 6.45) is 5.44. The van der Waals surface area contributed by atoms with E-state index in [1.165, 1.54) is 22.6 Å². The van der Waals surface area contributed by atoms with E-state index in [-0.39, 0.29) is 5.91 Å². The van der Waals surface area contributed by atoms with Gasteiger partial charge in [0.1, 0.15) is 6.04 Å². The second-order valence-corrected chi connectivity index (χ2v) is 6.42. The zero-order valence-corrected chi connectivity index (χ0v) is 14.0. The van der Waals surface area contributed by atoms with Crippen LogP contribution in [-0.4, -0.2) is 23.6 Å². The molecule has 122 valence electrons. The third-order valence-corrected chi connectivity index (χ3v) is 4.86. The van der Waals surface area contributed by atoms with E-state index in [1.807, 2.05) is 12.1 Å². The van der Waals surface area contributed by atoms with E-state index in [1.54, 1.807) is 0 Å². The van der Waals surface area contributed by atoms with Gasteiger partial charge in [0.25, 0.3) is 5.91 Å². The highest BCUT2D eigenvalue weighted by Crippen LogP contribution is 2.19. The van der Waals surface area contributed by atoms with Crippen molar-refractivity contribution in [2.75, 3.05) is 18.4 Å². The number of nitrogens with zero attached hydrogens (tertiary/aromatic N) is 1. The monoisotopic (exact) mass is 312 g/mol. The van der Waals surface area contributed by atoms with Gasteiger partial charge in [-0.3, -0.25) is 4.79 Å². The predicted molar refractivity (Wildman–Crippen MR) is 92.5 cm³/mol. The van der Waals surface area contributed by atoms with Crippen LogP contribution < -0.4 is 10.2 Å². The van der Waals surface area contributed by atoms with Crippen molar-refractivity contribution in [2.45, 2.75) is 32.2 Å². The van der Waals surface area contributed by atoms with Crippen LogP contribution >= 0.6 is 0 Å². The Morgan fingerprint density at radius 1 is 1.30 bits per heavy atom. The maximum absolute atomic E-state index is 12.4. The first-order valence-electron chi connectivity index (χ1n) is 8.52. The molecule has 0 saturated carbocycles. The highest BCUT2D eigenvalue weighted by molar-refractivity contribution is 5.91. The second kappa shape index (κ2) is 7.01. The Bertz CT molecular complexity index is 660. The van der Waals surface area contributed by atoms with Gasteiger partial charge in [-0.15, -0.1) is 0 Å². The first-order valence-corrected chi connectivity index (χ1v) is 8.52. The molecule has 1 unspecified atom stereocenters. The van der Waals surface area contributed by atoms with Gasteiger partial charge in [0, 0.05) is 31.8 Å². The molecular weight excluding hydrogens is 286 g/mol. The second-order valence-electron chi connectivity index (χ2n) is 6.42. The lowest BCUT2D eigenvalue weighted by Crippen LogP contribution is -3.11. The molecule has 4 heteroatoms. The largest absolute Gasteiger partial charge is 0.350 e. The van der Waals surface area contributed by atoms with Gasteiger partial charge in [-0.25, -0.2) is 0 Å². The smallest absolute Gasteiger partial charge is 0.279 e. The quantitative estimate of drug-likeness (QED) is 0.870. The number of benzene rings is 1. The normalized spacial score (nSPS) is 20.6. The first-order chi connectivity index (χ1) is 11.2. The summed E-state index contributed by atoms with van der Waals surface area (Å²) in [7, 11) is 2.08. The van der Waals surface area contributed by atoms with Gasteiger partial charge < -0.3 is 14.8 Å². The number of aryl methyl sites for hydroxylation is 2. The van der Waals surface area contributed by atoms with E-state index in [9.17, 15) is 4.79 Å². The molecular formula is C19H26N3O+. The molecule has 23 heavy (non-hydrogen) atoms. The van der Waals surface area contributed by atoms with Crippen LogP contribution in [0.25, 0.3) is 0 Å². The van der Waals surface area contributed by atoms with Crippen LogP contribution in [0.15, 0.2) is 42.6 Å². The molecule has 3 rings (SSSR count). The number of nitrogens with one attached hydrogen (secondary N) is 2. The fraction of sp³-hybridized carbons (Fsp3) is 0.421. The van der Waals surface area contributed by atoms with Crippen molar-refractivity contribution in [3.8, 4) is 0 Å². The average molecular weight is 312 g/mol. The lowest BCUT2D eigenvalue weighted by atomic mass is 10.1. The van der Waals surface area contributed by atoms with Crippen molar-refractivity contribution in [3.63, 3.8) is 0 Å². The summed E-state index contributed by atoms with van der Waals surface area (Å²) >= 11 is 0. The lowest BCUT2D eigenvalue weighted by molar-refractivity contribution is -0.910. The molecule has 1 aliphatic heterocycles. The summed E-state index contributed by atoms with van der Waals surface area (Å²) in [5.74, 6) is 0.102. The van der Waals surface area contributed by atoms with Gasteiger partial charge in [-0.2, -0.15) is 0 Å². The topological polar surface area (TPSA) is 38.5 Å². The molecule has 1 aromatic carbocycles. The van der Waals surface area contributed by atoms with Crippen molar-refractivity contribution in [1.82, 2.24) is 4.57 Å². The number of carbonyl (C=O) groups excluding carboxylic acids is 1. The number of aromatic nitrogens is 1. The molecule has 4 nitrogen and oxygen atoms in total. The van der Waals surface area contributed by atoms with Gasteiger partial charge in [0.15, 0.2) is 6.54 Å². The van der Waals surface area contributed by atoms with E-state index in [0.29, 0.717) is 12.6 Å². The van der Waals surface area contributed by atoms with E-state index in [4.69, 9.17) is 0 Å². The molecule has 0 aliphatic carbocycles. The number of quaternary nitrogens is 1. The standard InChI is InChI=1S/C19H25N3O/c1-3-15-8-10-16(11-9-15)20-19(23)14-22-13-5-7-18(22)17-6-4-12-21(17)2/h4,6,8-12,18H,3,5,7,13-14H2,1-2H3,(H,20,23)/p+1/t18-/m0/s1. The fourth-order valence-corrected chi connectivity index (χ4v) is 3.55. The Morgan fingerprint density at radius 3 is 2.74 bits per heavy atom. The highest BCUT2D eigenvalue weighted by Gasteiger charge is 2.32. The Kier molecular flexibility index (Phi) is 4.82. The summed E-state index contributed by atoms with van der Waals surface area (Å²) < 4.78 is 2.18. The van der Waals surface area contributed by atoms with Gasteiger partial charge in [0.05, 0.1) is 12.2 Å². The molecule has 2 atom stereocenters. The van der Waals surface area contributed by atoms with Crippen molar-refractivity contribution in [1.29, 1.82) is 0 Å². The van der Waals surface area contributed by atoms with Crippen LogP contribution in [0.5, 0.6) is 0 Å². The van der Waals surface area contributed by atoms with Crippen LogP contribution in [0.2, 0.25) is 0 Å². The molecule has 2 aromatic rings. The number of hydrogen-bond donors (Lipinski definition) is 2. The molecule has 2 N–H and O–H groups in total. The molecule has 2 heterocycles. The summed E-state index contributed by atoms with van der Waals surface area (Å²) in [5.41, 5.74) is 3.51. The van der Waals surface area contributed by atoms with Crippen molar-refractivity contribution >= 4 is 11.6 Å². The van der Waals surface area contributed by atoms with Crippen molar-refractivity contribution in [3.05, 3.63) is 53.9 Å². The van der Waals surface area contributed by atoms with Crippen LogP contribution in [0.4, 0.5) is 5.69 Å². The molecule has 1 amide bonds. The zero-order valence-electron chi connectivity index (χ0n) is 14.0. The minimum absolute atomic E-state index is 0.102. The third kappa shape index (κ3) is 3.64. The maximum atomic E-state index is 12.4. The first kappa shape index (κ1) is 15.8. The van der Waals surface area contributed by atoms with Gasteiger partial charge >= 0.3 is 0 Å². The fourth-order valence-electron chi connectivity index (χ4n) is 3.55. The Hall–Kier alpha value is -2.07. The maximum Gasteiger partial charge on any atom is 0.279 e. The number of amides is 1. The number of hydrogen-bond acceptors (Lipinski definition) is 1. The van der Waals surface area contributed by atoms with Crippen molar-refractivity contribution in [2.24, 2.45) is 7.05 Å². The van der Waals surface area contributed by atoms with E-state index in [2.05, 4.69) is 54.3 Å². The molecule has 1 aromatic heterocycles. The molecule has 1 fully saturated rings. The van der Waals surface area contributed by atoms with Crippen LogP contribution in [-0.2, 0) is 18.3 Å². The number of rotatable bonds is 5. The van der Waals surface area contributed by atoms with Crippen LogP contribution in [0.1, 0.15) is 37.1 Å². The van der Waals surface area contributed by atoms with E-state index in [0.717, 1.165) is 25.1 Å². The Balaban J connectivity index is 1.61. The summed E-state index contributed by atoms with van der Waals surface area (Å²) in [5, 5.41) is 3.03. The highest BCUT2D eigenvalue weighted by atomic mass is 16.2. The lowest BCUT2D eigenvalue weighted by Gasteiger charge is -2.21. The number of likely N-dealkylation sites (tertiary alicyclic amines) is 1. The van der Waals surface area contributed by atoms with E-state index >= 15 is 0 Å². The van der Waals surface area contributed by atoms with Gasteiger partial charge in [-0.1, -0.05) is 19.1 Å². The average Bonchev–Trinajstić information content (AvgIpc) is 3.16. The zero-order chi connectivity index (χ0) is 16.2. The summed E-state index contributed by atoms with van der Waals surface area (Å²) in [4.78, 5) is 13.8. The minimum atomic E-state index is 0.102. The molecule has 0 spiro atoms. The number of carbonyl (C=O) groups is 1. The summed E-state index contributed by atoms with van der Waals surface area (Å²) in [6.45, 7) is 3.73. The molecule has 0 radical (unpaired) electrons.